The summed E-state index contributed by atoms with van der Waals surface area (Å²) >= 11 is 0. The first-order chi connectivity index (χ1) is 6.65. The molecule has 1 unspecified atom stereocenters. The smallest absolute Gasteiger partial charge is 0.269 e. The minimum Gasteiger partial charge on any atom is -0.349 e. The number of carbonyl (C=O) groups excluding carboxylic acids is 1. The van der Waals surface area contributed by atoms with Gasteiger partial charge in [0.2, 0.25) is 0 Å². The lowest BCUT2D eigenvalue weighted by Gasteiger charge is -2.11. The summed E-state index contributed by atoms with van der Waals surface area (Å²) in [6.07, 6.45) is 1.61. The van der Waals surface area contributed by atoms with E-state index in [9.17, 15) is 4.79 Å². The third kappa shape index (κ3) is 2.56. The standard InChI is InChI=1S/C9H16N4O/c1-7(10-2)6-11-9(14)8-4-5-12-13(8)3/h4-5,7,10H,6H2,1-3H3,(H,11,14). The molecule has 0 saturated carbocycles. The Morgan fingerprint density at radius 2 is 2.43 bits per heavy atom. The fourth-order valence-corrected chi connectivity index (χ4v) is 1.04. The fourth-order valence-electron chi connectivity index (χ4n) is 1.04. The minimum absolute atomic E-state index is 0.0906. The van der Waals surface area contributed by atoms with E-state index in [0.717, 1.165) is 0 Å². The first-order valence-electron chi connectivity index (χ1n) is 4.58. The molecule has 0 spiro atoms. The van der Waals surface area contributed by atoms with Crippen molar-refractivity contribution < 1.29 is 4.79 Å². The van der Waals surface area contributed by atoms with Crippen LogP contribution in [0.25, 0.3) is 0 Å². The Labute approximate surface area is 83.5 Å². The number of hydrogen-bond acceptors (Lipinski definition) is 3. The maximum atomic E-state index is 11.5. The van der Waals surface area contributed by atoms with Crippen LogP contribution in [0.3, 0.4) is 0 Å². The number of aromatic nitrogens is 2. The van der Waals surface area contributed by atoms with E-state index in [4.69, 9.17) is 0 Å². The Bertz CT molecular complexity index is 308. The second-order valence-electron chi connectivity index (χ2n) is 3.24. The Morgan fingerprint density at radius 1 is 1.71 bits per heavy atom. The molecule has 0 fully saturated rings. The maximum absolute atomic E-state index is 11.5. The van der Waals surface area contributed by atoms with E-state index in [0.29, 0.717) is 12.2 Å². The SMILES string of the molecule is CNC(C)CNC(=O)c1ccnn1C. The van der Waals surface area contributed by atoms with Crippen LogP contribution in [-0.4, -0.2) is 35.3 Å². The van der Waals surface area contributed by atoms with Crippen molar-refractivity contribution in [1.29, 1.82) is 0 Å². The van der Waals surface area contributed by atoms with Gasteiger partial charge in [-0.1, -0.05) is 0 Å². The lowest BCUT2D eigenvalue weighted by Crippen LogP contribution is -2.37. The molecule has 1 atom stereocenters. The number of likely N-dealkylation sites (N-methyl/N-ethyl adjacent to an activating group) is 1. The van der Waals surface area contributed by atoms with Crippen LogP contribution in [0.4, 0.5) is 0 Å². The van der Waals surface area contributed by atoms with Gasteiger partial charge in [-0.2, -0.15) is 5.10 Å². The summed E-state index contributed by atoms with van der Waals surface area (Å²) in [4.78, 5) is 11.5. The Balaban J connectivity index is 2.47. The van der Waals surface area contributed by atoms with Crippen molar-refractivity contribution in [3.05, 3.63) is 18.0 Å². The van der Waals surface area contributed by atoms with Crippen molar-refractivity contribution in [1.82, 2.24) is 20.4 Å². The van der Waals surface area contributed by atoms with Gasteiger partial charge >= 0.3 is 0 Å². The van der Waals surface area contributed by atoms with E-state index in [1.807, 2.05) is 14.0 Å². The van der Waals surface area contributed by atoms with E-state index < -0.39 is 0 Å². The molecule has 1 aromatic rings. The lowest BCUT2D eigenvalue weighted by molar-refractivity contribution is 0.0941. The molecule has 0 aliphatic heterocycles. The second kappa shape index (κ2) is 4.76. The molecule has 0 aliphatic carbocycles. The molecular formula is C9H16N4O. The monoisotopic (exact) mass is 196 g/mol. The highest BCUT2D eigenvalue weighted by atomic mass is 16.2. The Kier molecular flexibility index (Phi) is 3.64. The van der Waals surface area contributed by atoms with Crippen LogP contribution in [0.2, 0.25) is 0 Å². The largest absolute Gasteiger partial charge is 0.349 e. The quantitative estimate of drug-likeness (QED) is 0.698. The highest BCUT2D eigenvalue weighted by molar-refractivity contribution is 5.92. The van der Waals surface area contributed by atoms with Crippen LogP contribution in [0.5, 0.6) is 0 Å². The summed E-state index contributed by atoms with van der Waals surface area (Å²) in [5, 5.41) is 9.78. The fraction of sp³-hybridized carbons (Fsp3) is 0.556. The summed E-state index contributed by atoms with van der Waals surface area (Å²) in [7, 11) is 3.61. The first kappa shape index (κ1) is 10.7. The van der Waals surface area contributed by atoms with E-state index in [2.05, 4.69) is 15.7 Å². The average Bonchev–Trinajstić information content (AvgIpc) is 2.60. The summed E-state index contributed by atoms with van der Waals surface area (Å²) in [6.45, 7) is 2.62. The van der Waals surface area contributed by atoms with Crippen molar-refractivity contribution in [2.45, 2.75) is 13.0 Å². The van der Waals surface area contributed by atoms with Gasteiger partial charge in [-0.3, -0.25) is 9.48 Å². The summed E-state index contributed by atoms with van der Waals surface area (Å²) in [6, 6.07) is 1.96. The van der Waals surface area contributed by atoms with Crippen LogP contribution in [0.1, 0.15) is 17.4 Å². The number of rotatable bonds is 4. The number of carbonyl (C=O) groups is 1. The molecule has 2 N–H and O–H groups in total. The molecule has 78 valence electrons. The number of nitrogens with zero attached hydrogens (tertiary/aromatic N) is 2. The van der Waals surface area contributed by atoms with Crippen molar-refractivity contribution in [3.8, 4) is 0 Å². The van der Waals surface area contributed by atoms with E-state index in [1.165, 1.54) is 0 Å². The molecule has 5 nitrogen and oxygen atoms in total. The number of hydrogen-bond donors (Lipinski definition) is 2. The van der Waals surface area contributed by atoms with E-state index in [-0.39, 0.29) is 11.9 Å². The normalized spacial score (nSPS) is 12.5. The van der Waals surface area contributed by atoms with Crippen LogP contribution in [0, 0.1) is 0 Å². The van der Waals surface area contributed by atoms with Crippen molar-refractivity contribution in [2.75, 3.05) is 13.6 Å². The topological polar surface area (TPSA) is 58.9 Å². The number of amides is 1. The van der Waals surface area contributed by atoms with Crippen molar-refractivity contribution in [3.63, 3.8) is 0 Å². The van der Waals surface area contributed by atoms with Gasteiger partial charge in [-0.05, 0) is 20.0 Å². The van der Waals surface area contributed by atoms with Crippen molar-refractivity contribution in [2.24, 2.45) is 7.05 Å². The molecule has 14 heavy (non-hydrogen) atoms. The Hall–Kier alpha value is -1.36. The zero-order valence-electron chi connectivity index (χ0n) is 8.74. The van der Waals surface area contributed by atoms with Crippen molar-refractivity contribution >= 4 is 5.91 Å². The molecule has 5 heteroatoms. The highest BCUT2D eigenvalue weighted by Crippen LogP contribution is 1.95. The molecule has 1 amide bonds. The van der Waals surface area contributed by atoms with Gasteiger partial charge in [-0.15, -0.1) is 0 Å². The molecule has 0 aromatic carbocycles. The molecule has 0 saturated heterocycles. The molecule has 1 rings (SSSR count). The Morgan fingerprint density at radius 3 is 2.93 bits per heavy atom. The minimum atomic E-state index is -0.0906. The predicted octanol–water partition coefficient (Wildman–Crippen LogP) is -0.242. The third-order valence-electron chi connectivity index (χ3n) is 2.12. The van der Waals surface area contributed by atoms with Gasteiger partial charge in [0.15, 0.2) is 0 Å². The zero-order valence-corrected chi connectivity index (χ0v) is 8.74. The number of nitrogens with one attached hydrogen (secondary N) is 2. The molecule has 1 heterocycles. The van der Waals surface area contributed by atoms with Gasteiger partial charge in [0.25, 0.3) is 5.91 Å². The molecule has 0 radical (unpaired) electrons. The lowest BCUT2D eigenvalue weighted by atomic mass is 10.3. The van der Waals surface area contributed by atoms with Gasteiger partial charge in [0.05, 0.1) is 0 Å². The second-order valence-corrected chi connectivity index (χ2v) is 3.24. The highest BCUT2D eigenvalue weighted by Gasteiger charge is 2.09. The van der Waals surface area contributed by atoms with Gasteiger partial charge in [-0.25, -0.2) is 0 Å². The van der Waals surface area contributed by atoms with E-state index in [1.54, 1.807) is 24.0 Å². The van der Waals surface area contributed by atoms with Crippen LogP contribution in [-0.2, 0) is 7.05 Å². The summed E-state index contributed by atoms with van der Waals surface area (Å²) < 4.78 is 1.55. The number of aryl methyl sites for hydroxylation is 1. The predicted molar refractivity (Wildman–Crippen MR) is 54.1 cm³/mol. The molecule has 0 bridgehead atoms. The zero-order chi connectivity index (χ0) is 10.6. The molecular weight excluding hydrogens is 180 g/mol. The van der Waals surface area contributed by atoms with E-state index >= 15 is 0 Å². The first-order valence-corrected chi connectivity index (χ1v) is 4.58. The summed E-state index contributed by atoms with van der Waals surface area (Å²) in [5.41, 5.74) is 0.577. The third-order valence-corrected chi connectivity index (χ3v) is 2.12. The van der Waals surface area contributed by atoms with Crippen LogP contribution < -0.4 is 10.6 Å². The van der Waals surface area contributed by atoms with Gasteiger partial charge in [0, 0.05) is 25.8 Å². The van der Waals surface area contributed by atoms with Gasteiger partial charge in [0.1, 0.15) is 5.69 Å². The molecule has 0 aliphatic rings. The van der Waals surface area contributed by atoms with Gasteiger partial charge < -0.3 is 10.6 Å². The average molecular weight is 196 g/mol. The maximum Gasteiger partial charge on any atom is 0.269 e. The van der Waals surface area contributed by atoms with Crippen LogP contribution in [0.15, 0.2) is 12.3 Å². The van der Waals surface area contributed by atoms with Crippen LogP contribution >= 0.6 is 0 Å². The molecule has 1 aromatic heterocycles. The summed E-state index contributed by atoms with van der Waals surface area (Å²) in [5.74, 6) is -0.0906.